The Kier molecular flexibility index (Phi) is 6.06. The summed E-state index contributed by atoms with van der Waals surface area (Å²) in [5.74, 6) is 0.187. The molecule has 2 aliphatic rings. The molecule has 1 aliphatic carbocycles. The van der Waals surface area contributed by atoms with Crippen LogP contribution in [0.2, 0.25) is 0 Å². The van der Waals surface area contributed by atoms with Gasteiger partial charge in [-0.1, -0.05) is 18.2 Å². The topological polar surface area (TPSA) is 156 Å². The van der Waals surface area contributed by atoms with E-state index < -0.39 is 36.2 Å². The van der Waals surface area contributed by atoms with E-state index >= 15 is 0 Å². The molecule has 35 heavy (non-hydrogen) atoms. The average molecular weight is 479 g/mol. The second-order valence-electron chi connectivity index (χ2n) is 8.54. The van der Waals surface area contributed by atoms with E-state index in [1.165, 1.54) is 6.08 Å². The van der Waals surface area contributed by atoms with Crippen molar-refractivity contribution >= 4 is 22.7 Å². The standard InChI is InChI=1S/C25H25N3O7/c26-24(31)18(7-14-11-27-17-4-2-1-3-16(14)17)28-25(32)13-8-19(29)23(30)22(9-13)35-15-5-6-20-21(10-15)34-12-33-20/h1-6,9-11,18-19,22-23,27,29-30H,7-8,12H2,(H2,26,31)(H,28,32). The third kappa shape index (κ3) is 4.66. The van der Waals surface area contributed by atoms with Crippen LogP contribution >= 0.6 is 0 Å². The van der Waals surface area contributed by atoms with Gasteiger partial charge >= 0.3 is 0 Å². The van der Waals surface area contributed by atoms with Crippen LogP contribution in [0.3, 0.4) is 0 Å². The summed E-state index contributed by atoms with van der Waals surface area (Å²) in [7, 11) is 0. The van der Waals surface area contributed by atoms with Crippen molar-refractivity contribution in [3.63, 3.8) is 0 Å². The van der Waals surface area contributed by atoms with Gasteiger partial charge in [0.1, 0.15) is 24.0 Å². The smallest absolute Gasteiger partial charge is 0.247 e. The Morgan fingerprint density at radius 1 is 1.17 bits per heavy atom. The summed E-state index contributed by atoms with van der Waals surface area (Å²) in [6.45, 7) is 0.105. The molecule has 6 N–H and O–H groups in total. The van der Waals surface area contributed by atoms with Crippen molar-refractivity contribution in [3.8, 4) is 17.2 Å². The Morgan fingerprint density at radius 2 is 1.97 bits per heavy atom. The van der Waals surface area contributed by atoms with Crippen molar-refractivity contribution in [2.45, 2.75) is 37.2 Å². The number of nitrogens with one attached hydrogen (secondary N) is 2. The van der Waals surface area contributed by atoms with Gasteiger partial charge in [0.25, 0.3) is 0 Å². The number of carbonyl (C=O) groups excluding carboxylic acids is 2. The number of aromatic nitrogens is 1. The average Bonchev–Trinajstić information content (AvgIpc) is 3.48. The predicted molar refractivity (Wildman–Crippen MR) is 125 cm³/mol. The molecule has 0 fully saturated rings. The molecule has 182 valence electrons. The zero-order valence-electron chi connectivity index (χ0n) is 18.6. The lowest BCUT2D eigenvalue weighted by Gasteiger charge is -2.31. The molecular formula is C25H25N3O7. The Balaban J connectivity index is 1.32. The fraction of sp³-hybridized carbons (Fsp3) is 0.280. The lowest BCUT2D eigenvalue weighted by molar-refractivity contribution is -0.126. The highest BCUT2D eigenvalue weighted by Gasteiger charge is 2.35. The molecule has 5 rings (SSSR count). The van der Waals surface area contributed by atoms with Crippen LogP contribution in [0.25, 0.3) is 10.9 Å². The molecule has 0 spiro atoms. The van der Waals surface area contributed by atoms with Crippen molar-refractivity contribution in [2.24, 2.45) is 5.73 Å². The van der Waals surface area contributed by atoms with E-state index in [1.807, 2.05) is 24.3 Å². The minimum Gasteiger partial charge on any atom is -0.483 e. The van der Waals surface area contributed by atoms with Crippen LogP contribution < -0.4 is 25.3 Å². The highest BCUT2D eigenvalue weighted by molar-refractivity contribution is 5.97. The summed E-state index contributed by atoms with van der Waals surface area (Å²) >= 11 is 0. The molecule has 1 aliphatic heterocycles. The molecule has 2 amide bonds. The largest absolute Gasteiger partial charge is 0.483 e. The van der Waals surface area contributed by atoms with Crippen LogP contribution in [0.4, 0.5) is 0 Å². The van der Waals surface area contributed by atoms with Crippen molar-refractivity contribution in [1.82, 2.24) is 10.3 Å². The molecule has 1 aromatic heterocycles. The molecule has 2 heterocycles. The summed E-state index contributed by atoms with van der Waals surface area (Å²) < 4.78 is 16.4. The number of rotatable bonds is 7. The summed E-state index contributed by atoms with van der Waals surface area (Å²) in [5.41, 5.74) is 7.50. The van der Waals surface area contributed by atoms with E-state index in [9.17, 15) is 19.8 Å². The molecule has 3 aromatic rings. The van der Waals surface area contributed by atoms with E-state index in [0.29, 0.717) is 17.2 Å². The van der Waals surface area contributed by atoms with Crippen molar-refractivity contribution in [3.05, 3.63) is 65.9 Å². The zero-order chi connectivity index (χ0) is 24.5. The van der Waals surface area contributed by atoms with Gasteiger partial charge in [0.2, 0.25) is 18.6 Å². The molecule has 2 aromatic carbocycles. The number of carbonyl (C=O) groups is 2. The zero-order valence-corrected chi connectivity index (χ0v) is 18.6. The van der Waals surface area contributed by atoms with Crippen molar-refractivity contribution in [2.75, 3.05) is 6.79 Å². The highest BCUT2D eigenvalue weighted by Crippen LogP contribution is 2.36. The number of nitrogens with two attached hydrogens (primary N) is 1. The van der Waals surface area contributed by atoms with Crippen LogP contribution in [0.1, 0.15) is 12.0 Å². The maximum atomic E-state index is 13.0. The van der Waals surface area contributed by atoms with E-state index in [0.717, 1.165) is 16.5 Å². The molecular weight excluding hydrogens is 454 g/mol. The Labute approximate surface area is 200 Å². The molecule has 10 heteroatoms. The number of aliphatic hydroxyl groups is 2. The van der Waals surface area contributed by atoms with Crippen LogP contribution in [0, 0.1) is 0 Å². The number of fused-ring (bicyclic) bond motifs is 2. The van der Waals surface area contributed by atoms with Gasteiger partial charge in [-0.2, -0.15) is 0 Å². The minimum absolute atomic E-state index is 0.105. The predicted octanol–water partition coefficient (Wildman–Crippen LogP) is 0.909. The number of H-pyrrole nitrogens is 1. The maximum absolute atomic E-state index is 13.0. The first-order chi connectivity index (χ1) is 16.9. The summed E-state index contributed by atoms with van der Waals surface area (Å²) in [5, 5.41) is 24.4. The highest BCUT2D eigenvalue weighted by atomic mass is 16.7. The number of hydrogen-bond acceptors (Lipinski definition) is 7. The quantitative estimate of drug-likeness (QED) is 0.337. The molecule has 0 saturated carbocycles. The summed E-state index contributed by atoms with van der Waals surface area (Å²) in [4.78, 5) is 28.3. The number of benzene rings is 2. The van der Waals surface area contributed by atoms with Gasteiger partial charge in [-0.25, -0.2) is 0 Å². The van der Waals surface area contributed by atoms with Gasteiger partial charge < -0.3 is 40.5 Å². The number of hydrogen-bond donors (Lipinski definition) is 5. The number of aliphatic hydroxyl groups excluding tert-OH is 2. The van der Waals surface area contributed by atoms with Gasteiger partial charge in [-0.05, 0) is 29.8 Å². The van der Waals surface area contributed by atoms with Gasteiger partial charge in [-0.15, -0.1) is 0 Å². The second kappa shape index (κ2) is 9.32. The van der Waals surface area contributed by atoms with E-state index in [1.54, 1.807) is 24.4 Å². The monoisotopic (exact) mass is 479 g/mol. The van der Waals surface area contributed by atoms with Gasteiger partial charge in [0, 0.05) is 41.6 Å². The normalized spacial score (nSPS) is 21.9. The third-order valence-electron chi connectivity index (χ3n) is 6.18. The third-order valence-corrected chi connectivity index (χ3v) is 6.18. The number of para-hydroxylation sites is 1. The molecule has 0 bridgehead atoms. The molecule has 10 nitrogen and oxygen atoms in total. The van der Waals surface area contributed by atoms with Crippen LogP contribution in [0.5, 0.6) is 17.2 Å². The second-order valence-corrected chi connectivity index (χ2v) is 8.54. The summed E-state index contributed by atoms with van der Waals surface area (Å²) in [6, 6.07) is 11.6. The van der Waals surface area contributed by atoms with E-state index in [4.69, 9.17) is 19.9 Å². The molecule has 0 saturated heterocycles. The lowest BCUT2D eigenvalue weighted by Crippen LogP contribution is -2.49. The van der Waals surface area contributed by atoms with Crippen LogP contribution in [-0.4, -0.2) is 58.2 Å². The minimum atomic E-state index is -1.25. The van der Waals surface area contributed by atoms with Gasteiger partial charge in [0.05, 0.1) is 6.10 Å². The molecule has 4 unspecified atom stereocenters. The first-order valence-electron chi connectivity index (χ1n) is 11.2. The van der Waals surface area contributed by atoms with Gasteiger partial charge in [-0.3, -0.25) is 9.59 Å². The van der Waals surface area contributed by atoms with Crippen molar-refractivity contribution < 1.29 is 34.0 Å². The molecule has 4 atom stereocenters. The lowest BCUT2D eigenvalue weighted by atomic mass is 9.91. The number of aromatic amines is 1. The number of primary amides is 1. The fourth-order valence-corrected chi connectivity index (χ4v) is 4.30. The SMILES string of the molecule is NC(=O)C(Cc1c[nH]c2ccccc12)NC(=O)C1=CC(Oc2ccc3c(c2)OCO3)C(O)C(O)C1. The van der Waals surface area contributed by atoms with Crippen molar-refractivity contribution in [1.29, 1.82) is 0 Å². The Bertz CT molecular complexity index is 1300. The Hall–Kier alpha value is -4.02. The first kappa shape index (κ1) is 22.8. The fourth-order valence-electron chi connectivity index (χ4n) is 4.30. The van der Waals surface area contributed by atoms with Crippen LogP contribution in [-0.2, 0) is 16.0 Å². The number of ether oxygens (including phenoxy) is 3. The Morgan fingerprint density at radius 3 is 2.80 bits per heavy atom. The van der Waals surface area contributed by atoms with E-state index in [-0.39, 0.29) is 25.2 Å². The number of amides is 2. The first-order valence-corrected chi connectivity index (χ1v) is 11.2. The van der Waals surface area contributed by atoms with E-state index in [2.05, 4.69) is 10.3 Å². The molecule has 0 radical (unpaired) electrons. The van der Waals surface area contributed by atoms with Gasteiger partial charge in [0.15, 0.2) is 11.5 Å². The maximum Gasteiger partial charge on any atom is 0.247 e. The van der Waals surface area contributed by atoms with Crippen LogP contribution in [0.15, 0.2) is 60.3 Å². The summed E-state index contributed by atoms with van der Waals surface area (Å²) in [6.07, 6.45) is -0.174.